The van der Waals surface area contributed by atoms with Gasteiger partial charge in [-0.1, -0.05) is 19.1 Å². The van der Waals surface area contributed by atoms with Crippen molar-refractivity contribution in [3.8, 4) is 5.75 Å². The monoisotopic (exact) mass is 348 g/mol. The van der Waals surface area contributed by atoms with Gasteiger partial charge in [0.25, 0.3) is 0 Å². The molecule has 7 heteroatoms. The van der Waals surface area contributed by atoms with Gasteiger partial charge in [0, 0.05) is 12.8 Å². The van der Waals surface area contributed by atoms with Gasteiger partial charge in [-0.3, -0.25) is 9.59 Å². The molecule has 0 bridgehead atoms. The molecule has 3 unspecified atom stereocenters. The van der Waals surface area contributed by atoms with Crippen LogP contribution in [0.4, 0.5) is 0 Å². The second-order valence-corrected chi connectivity index (χ2v) is 6.25. The van der Waals surface area contributed by atoms with Gasteiger partial charge in [0.2, 0.25) is 0 Å². The predicted octanol–water partition coefficient (Wildman–Crippen LogP) is 1.89. The first kappa shape index (κ1) is 17.3. The van der Waals surface area contributed by atoms with Crippen molar-refractivity contribution in [2.75, 3.05) is 0 Å². The Kier molecular flexibility index (Phi) is 4.92. The number of ether oxygens (including phenoxy) is 3. The van der Waals surface area contributed by atoms with Crippen LogP contribution in [0, 0.1) is 0 Å². The number of benzene rings is 1. The van der Waals surface area contributed by atoms with E-state index in [0.29, 0.717) is 31.2 Å². The van der Waals surface area contributed by atoms with Crippen molar-refractivity contribution >= 4 is 17.9 Å². The summed E-state index contributed by atoms with van der Waals surface area (Å²) in [6, 6.07) is 4.83. The maximum Gasteiger partial charge on any atom is 0.342 e. The molecule has 3 rings (SSSR count). The zero-order chi connectivity index (χ0) is 18.0. The lowest BCUT2D eigenvalue weighted by molar-refractivity contribution is -0.159. The summed E-state index contributed by atoms with van der Waals surface area (Å²) in [6.07, 6.45) is 0.0169. The highest BCUT2D eigenvalue weighted by Crippen LogP contribution is 2.30. The Morgan fingerprint density at radius 3 is 2.84 bits per heavy atom. The average Bonchev–Trinajstić information content (AvgIpc) is 2.97. The summed E-state index contributed by atoms with van der Waals surface area (Å²) in [5, 5.41) is 9.81. The van der Waals surface area contributed by atoms with Gasteiger partial charge in [-0.25, -0.2) is 4.79 Å². The van der Waals surface area contributed by atoms with Crippen LogP contribution in [-0.2, 0) is 30.2 Å². The minimum atomic E-state index is -0.622. The lowest BCUT2D eigenvalue weighted by atomic mass is 9.94. The summed E-state index contributed by atoms with van der Waals surface area (Å²) in [5.74, 6) is -1.52. The van der Waals surface area contributed by atoms with E-state index in [-0.39, 0.29) is 23.7 Å². The van der Waals surface area contributed by atoms with Crippen molar-refractivity contribution in [1.29, 1.82) is 0 Å². The smallest absolute Gasteiger partial charge is 0.342 e. The first-order valence-electron chi connectivity index (χ1n) is 8.38. The van der Waals surface area contributed by atoms with E-state index in [1.165, 1.54) is 6.07 Å². The highest BCUT2D eigenvalue weighted by atomic mass is 16.6. The first-order valence-corrected chi connectivity index (χ1v) is 8.38. The van der Waals surface area contributed by atoms with Gasteiger partial charge < -0.3 is 19.3 Å². The Labute approximate surface area is 144 Å². The van der Waals surface area contributed by atoms with Crippen LogP contribution < -0.4 is 0 Å². The van der Waals surface area contributed by atoms with Crippen molar-refractivity contribution < 1.29 is 33.7 Å². The summed E-state index contributed by atoms with van der Waals surface area (Å²) in [7, 11) is 0. The topological polar surface area (TPSA) is 99.1 Å². The maximum absolute atomic E-state index is 12.2. The van der Waals surface area contributed by atoms with Crippen molar-refractivity contribution in [1.82, 2.24) is 0 Å². The molecule has 2 heterocycles. The van der Waals surface area contributed by atoms with E-state index >= 15 is 0 Å². The third kappa shape index (κ3) is 3.75. The molecule has 0 radical (unpaired) electrons. The number of phenolic OH excluding ortho intramolecular Hbond substituents is 1. The van der Waals surface area contributed by atoms with Crippen LogP contribution in [-0.4, -0.2) is 41.3 Å². The van der Waals surface area contributed by atoms with E-state index in [1.807, 2.05) is 6.92 Å². The van der Waals surface area contributed by atoms with Gasteiger partial charge in [-0.2, -0.15) is 0 Å². The maximum atomic E-state index is 12.2. The van der Waals surface area contributed by atoms with E-state index in [0.717, 1.165) is 0 Å². The highest BCUT2D eigenvalue weighted by Gasteiger charge is 2.36. The quantitative estimate of drug-likeness (QED) is 0.641. The fourth-order valence-electron chi connectivity index (χ4n) is 3.21. The minimum absolute atomic E-state index is 0.000279. The second kappa shape index (κ2) is 7.13. The van der Waals surface area contributed by atoms with Crippen LogP contribution in [0.3, 0.4) is 0 Å². The number of carbonyl (C=O) groups is 3. The lowest BCUT2D eigenvalue weighted by Gasteiger charge is -2.30. The number of cyclic esters (lactones) is 2. The molecule has 3 atom stereocenters. The second-order valence-electron chi connectivity index (χ2n) is 6.25. The summed E-state index contributed by atoms with van der Waals surface area (Å²) >= 11 is 0. The van der Waals surface area contributed by atoms with E-state index in [9.17, 15) is 19.5 Å². The zero-order valence-electron chi connectivity index (χ0n) is 13.9. The van der Waals surface area contributed by atoms with E-state index in [2.05, 4.69) is 0 Å². The number of hydrogen-bond donors (Lipinski definition) is 1. The van der Waals surface area contributed by atoms with Gasteiger partial charge in [0.1, 0.15) is 29.6 Å². The number of rotatable bonds is 5. The van der Waals surface area contributed by atoms with Crippen molar-refractivity contribution in [2.45, 2.75) is 57.3 Å². The Hall–Kier alpha value is -2.57. The van der Waals surface area contributed by atoms with Crippen LogP contribution >= 0.6 is 0 Å². The van der Waals surface area contributed by atoms with Crippen molar-refractivity contribution in [2.24, 2.45) is 0 Å². The Morgan fingerprint density at radius 2 is 2.16 bits per heavy atom. The van der Waals surface area contributed by atoms with Crippen LogP contribution in [0.5, 0.6) is 5.75 Å². The standard InChI is InChI=1S/C18H20O7/c1-2-13(24-16(21)9-11-6-7-15(20)23-11)14-8-10-4-3-5-12(19)17(10)18(22)25-14/h3-5,11,13-14,19H,2,6-9H2,1H3. The summed E-state index contributed by atoms with van der Waals surface area (Å²) in [4.78, 5) is 35.4. The van der Waals surface area contributed by atoms with Gasteiger partial charge in [-0.05, 0) is 24.5 Å². The number of fused-ring (bicyclic) bond motifs is 1. The molecule has 2 aliphatic rings. The molecule has 2 aliphatic heterocycles. The Bertz CT molecular complexity index is 697. The Balaban J connectivity index is 1.64. The molecule has 1 N–H and O–H groups in total. The largest absolute Gasteiger partial charge is 0.507 e. The molecular weight excluding hydrogens is 328 g/mol. The third-order valence-corrected chi connectivity index (χ3v) is 4.48. The van der Waals surface area contributed by atoms with Gasteiger partial charge >= 0.3 is 17.9 Å². The molecular formula is C18H20O7. The summed E-state index contributed by atoms with van der Waals surface area (Å²) in [6.45, 7) is 1.83. The van der Waals surface area contributed by atoms with Crippen LogP contribution in [0.15, 0.2) is 18.2 Å². The first-order chi connectivity index (χ1) is 12.0. The van der Waals surface area contributed by atoms with Crippen molar-refractivity contribution in [3.05, 3.63) is 29.3 Å². The molecule has 1 aromatic rings. The summed E-state index contributed by atoms with van der Waals surface area (Å²) in [5.41, 5.74) is 0.832. The molecule has 1 saturated heterocycles. The fourth-order valence-corrected chi connectivity index (χ4v) is 3.21. The molecule has 7 nitrogen and oxygen atoms in total. The molecule has 0 aromatic heterocycles. The molecule has 0 saturated carbocycles. The third-order valence-electron chi connectivity index (χ3n) is 4.48. The van der Waals surface area contributed by atoms with Gasteiger partial charge in [0.15, 0.2) is 0 Å². The van der Waals surface area contributed by atoms with E-state index in [4.69, 9.17) is 14.2 Å². The molecule has 0 amide bonds. The van der Waals surface area contributed by atoms with Gasteiger partial charge in [0.05, 0.1) is 6.42 Å². The molecule has 1 fully saturated rings. The fraction of sp³-hybridized carbons (Fsp3) is 0.500. The number of esters is 3. The van der Waals surface area contributed by atoms with E-state index < -0.39 is 30.3 Å². The van der Waals surface area contributed by atoms with Crippen molar-refractivity contribution in [3.63, 3.8) is 0 Å². The Morgan fingerprint density at radius 1 is 1.36 bits per heavy atom. The summed E-state index contributed by atoms with van der Waals surface area (Å²) < 4.78 is 15.8. The minimum Gasteiger partial charge on any atom is -0.507 e. The molecule has 0 spiro atoms. The number of carbonyl (C=O) groups excluding carboxylic acids is 3. The normalized spacial score (nSPS) is 23.4. The SMILES string of the molecule is CCC(OC(=O)CC1CCC(=O)O1)C1Cc2cccc(O)c2C(=O)O1. The van der Waals surface area contributed by atoms with Gasteiger partial charge in [-0.15, -0.1) is 0 Å². The number of phenols is 1. The van der Waals surface area contributed by atoms with E-state index in [1.54, 1.807) is 12.1 Å². The number of hydrogen-bond acceptors (Lipinski definition) is 7. The van der Waals surface area contributed by atoms with Crippen LogP contribution in [0.25, 0.3) is 0 Å². The van der Waals surface area contributed by atoms with Crippen LogP contribution in [0.2, 0.25) is 0 Å². The van der Waals surface area contributed by atoms with Crippen LogP contribution in [0.1, 0.15) is 48.5 Å². The zero-order valence-corrected chi connectivity index (χ0v) is 13.9. The molecule has 25 heavy (non-hydrogen) atoms. The number of aromatic hydroxyl groups is 1. The highest BCUT2D eigenvalue weighted by molar-refractivity contribution is 5.95. The lowest BCUT2D eigenvalue weighted by Crippen LogP contribution is -2.40. The average molecular weight is 348 g/mol. The molecule has 134 valence electrons. The molecule has 0 aliphatic carbocycles. The molecule has 1 aromatic carbocycles. The predicted molar refractivity (Wildman–Crippen MR) is 84.9 cm³/mol.